The molecule has 1 aliphatic carbocycles. The van der Waals surface area contributed by atoms with Gasteiger partial charge in [0.25, 0.3) is 0 Å². The van der Waals surface area contributed by atoms with Crippen molar-refractivity contribution in [3.8, 4) is 0 Å². The first-order chi connectivity index (χ1) is 14.8. The Morgan fingerprint density at radius 1 is 1.07 bits per heavy atom. The van der Waals surface area contributed by atoms with Crippen LogP contribution in [0.5, 0.6) is 0 Å². The minimum absolute atomic E-state index is 0.0281. The number of nitrogens with one attached hydrogen (secondary N) is 1. The number of fused-ring (bicyclic) bond motifs is 2. The number of amides is 1. The van der Waals surface area contributed by atoms with Gasteiger partial charge in [-0.25, -0.2) is 0 Å². The fourth-order valence-electron chi connectivity index (χ4n) is 4.66. The molecule has 30 heavy (non-hydrogen) atoms. The normalized spacial score (nSPS) is 17.7. The van der Waals surface area contributed by atoms with E-state index in [0.717, 1.165) is 67.8 Å². The molecule has 5 nitrogen and oxygen atoms in total. The molecule has 1 aliphatic heterocycles. The number of aryl methyl sites for hydroxylation is 2. The van der Waals surface area contributed by atoms with Crippen molar-refractivity contribution in [3.63, 3.8) is 0 Å². The summed E-state index contributed by atoms with van der Waals surface area (Å²) in [5, 5.41) is 4.35. The van der Waals surface area contributed by atoms with Crippen LogP contribution in [0, 0.1) is 0 Å². The number of ether oxygens (including phenoxy) is 1. The molecule has 1 aromatic heterocycles. The number of carbonyl (C=O) groups is 1. The average Bonchev–Trinajstić information content (AvgIpc) is 3.39. The highest BCUT2D eigenvalue weighted by atomic mass is 16.5. The molecule has 1 atom stereocenters. The number of rotatable bonds is 6. The lowest BCUT2D eigenvalue weighted by Gasteiger charge is -2.31. The summed E-state index contributed by atoms with van der Waals surface area (Å²) in [5.41, 5.74) is 5.79. The number of hydrogen-bond donors (Lipinski definition) is 1. The van der Waals surface area contributed by atoms with Gasteiger partial charge in [0, 0.05) is 30.6 Å². The standard InChI is InChI=1S/C25H28N2O3/c28-25(15-21-17-30-24-14-20-8-4-7-19(20)13-22(21)24)26-23(18-5-2-1-3-6-18)16-27-9-11-29-12-10-27/h1-3,5-6,13-14,17,23H,4,7-12,15-16H2,(H,26,28). The lowest BCUT2D eigenvalue weighted by Crippen LogP contribution is -2.43. The molecular formula is C25H28N2O3. The van der Waals surface area contributed by atoms with E-state index in [-0.39, 0.29) is 11.9 Å². The van der Waals surface area contributed by atoms with Crippen molar-refractivity contribution < 1.29 is 13.9 Å². The number of morpholine rings is 1. The Morgan fingerprint density at radius 3 is 2.63 bits per heavy atom. The molecule has 0 radical (unpaired) electrons. The van der Waals surface area contributed by atoms with Crippen LogP contribution in [0.25, 0.3) is 11.0 Å². The number of benzene rings is 2. The number of nitrogens with zero attached hydrogens (tertiary/aromatic N) is 1. The smallest absolute Gasteiger partial charge is 0.225 e. The summed E-state index contributed by atoms with van der Waals surface area (Å²) in [4.78, 5) is 15.4. The van der Waals surface area contributed by atoms with Gasteiger partial charge in [0.2, 0.25) is 5.91 Å². The Labute approximate surface area is 177 Å². The van der Waals surface area contributed by atoms with Gasteiger partial charge in [-0.05, 0) is 48.1 Å². The third kappa shape index (κ3) is 4.13. The Kier molecular flexibility index (Phi) is 5.56. The van der Waals surface area contributed by atoms with Gasteiger partial charge >= 0.3 is 0 Å². The monoisotopic (exact) mass is 404 g/mol. The van der Waals surface area contributed by atoms with Gasteiger partial charge in [-0.2, -0.15) is 0 Å². The average molecular weight is 405 g/mol. The quantitative estimate of drug-likeness (QED) is 0.681. The predicted molar refractivity (Wildman–Crippen MR) is 117 cm³/mol. The number of furan rings is 1. The molecule has 1 unspecified atom stereocenters. The summed E-state index contributed by atoms with van der Waals surface area (Å²) < 4.78 is 11.3. The van der Waals surface area contributed by atoms with E-state index < -0.39 is 0 Å². The number of carbonyl (C=O) groups excluding carboxylic acids is 1. The van der Waals surface area contributed by atoms with Gasteiger partial charge in [-0.3, -0.25) is 9.69 Å². The molecular weight excluding hydrogens is 376 g/mol. The van der Waals surface area contributed by atoms with E-state index in [1.165, 1.54) is 17.5 Å². The first-order valence-electron chi connectivity index (χ1n) is 10.9. The fraction of sp³-hybridized carbons (Fsp3) is 0.400. The summed E-state index contributed by atoms with van der Waals surface area (Å²) in [5.74, 6) is 0.0281. The first-order valence-corrected chi connectivity index (χ1v) is 10.9. The van der Waals surface area contributed by atoms with Crippen molar-refractivity contribution in [2.75, 3.05) is 32.8 Å². The predicted octanol–water partition coefficient (Wildman–Crippen LogP) is 3.65. The Bertz CT molecular complexity index is 1020. The molecule has 5 rings (SSSR count). The second-order valence-corrected chi connectivity index (χ2v) is 8.35. The summed E-state index contributed by atoms with van der Waals surface area (Å²) in [6.45, 7) is 4.09. The minimum atomic E-state index is -0.0424. The van der Waals surface area contributed by atoms with Gasteiger partial charge in [-0.15, -0.1) is 0 Å². The fourth-order valence-corrected chi connectivity index (χ4v) is 4.66. The van der Waals surface area contributed by atoms with Crippen molar-refractivity contribution >= 4 is 16.9 Å². The van der Waals surface area contributed by atoms with E-state index in [4.69, 9.17) is 9.15 Å². The molecule has 0 spiro atoms. The van der Waals surface area contributed by atoms with Gasteiger partial charge in [-0.1, -0.05) is 30.3 Å². The van der Waals surface area contributed by atoms with E-state index in [1.54, 1.807) is 6.26 Å². The highest BCUT2D eigenvalue weighted by Crippen LogP contribution is 2.30. The molecule has 0 bridgehead atoms. The maximum absolute atomic E-state index is 13.0. The second kappa shape index (κ2) is 8.62. The highest BCUT2D eigenvalue weighted by Gasteiger charge is 2.22. The zero-order valence-electron chi connectivity index (χ0n) is 17.2. The molecule has 156 valence electrons. The van der Waals surface area contributed by atoms with Crippen LogP contribution < -0.4 is 5.32 Å². The minimum Gasteiger partial charge on any atom is -0.464 e. The topological polar surface area (TPSA) is 54.7 Å². The molecule has 2 heterocycles. The van der Waals surface area contributed by atoms with Gasteiger partial charge in [0.1, 0.15) is 5.58 Å². The summed E-state index contributed by atoms with van der Waals surface area (Å²) in [7, 11) is 0. The van der Waals surface area contributed by atoms with Crippen LogP contribution in [0.1, 0.15) is 34.7 Å². The second-order valence-electron chi connectivity index (χ2n) is 8.35. The van der Waals surface area contributed by atoms with Crippen LogP contribution in [0.4, 0.5) is 0 Å². The van der Waals surface area contributed by atoms with Crippen LogP contribution in [-0.2, 0) is 28.8 Å². The summed E-state index contributed by atoms with van der Waals surface area (Å²) in [6, 6.07) is 14.6. The molecule has 5 heteroatoms. The molecule has 2 aromatic carbocycles. The molecule has 3 aromatic rings. The zero-order chi connectivity index (χ0) is 20.3. The first kappa shape index (κ1) is 19.3. The zero-order valence-corrected chi connectivity index (χ0v) is 17.2. The van der Waals surface area contributed by atoms with E-state index in [9.17, 15) is 4.79 Å². The van der Waals surface area contributed by atoms with E-state index in [1.807, 2.05) is 18.2 Å². The Morgan fingerprint density at radius 2 is 1.83 bits per heavy atom. The van der Waals surface area contributed by atoms with Crippen molar-refractivity contribution in [2.45, 2.75) is 31.7 Å². The van der Waals surface area contributed by atoms with Crippen molar-refractivity contribution in [1.82, 2.24) is 10.2 Å². The number of hydrogen-bond acceptors (Lipinski definition) is 4. The molecule has 1 amide bonds. The van der Waals surface area contributed by atoms with Crippen LogP contribution in [0.2, 0.25) is 0 Å². The Hall–Kier alpha value is -2.63. The molecule has 0 saturated carbocycles. The SMILES string of the molecule is O=C(Cc1coc2cc3c(cc12)CCC3)NC(CN1CCOCC1)c1ccccc1. The van der Waals surface area contributed by atoms with Crippen LogP contribution in [0.3, 0.4) is 0 Å². The third-order valence-electron chi connectivity index (χ3n) is 6.30. The maximum atomic E-state index is 13.0. The molecule has 1 N–H and O–H groups in total. The van der Waals surface area contributed by atoms with E-state index in [0.29, 0.717) is 6.42 Å². The van der Waals surface area contributed by atoms with Crippen molar-refractivity contribution in [3.05, 3.63) is 71.0 Å². The van der Waals surface area contributed by atoms with Gasteiger partial charge < -0.3 is 14.5 Å². The maximum Gasteiger partial charge on any atom is 0.225 e. The van der Waals surface area contributed by atoms with Crippen LogP contribution in [-0.4, -0.2) is 43.7 Å². The Balaban J connectivity index is 1.32. The largest absolute Gasteiger partial charge is 0.464 e. The lowest BCUT2D eigenvalue weighted by molar-refractivity contribution is -0.121. The van der Waals surface area contributed by atoms with Crippen LogP contribution >= 0.6 is 0 Å². The highest BCUT2D eigenvalue weighted by molar-refractivity contribution is 5.88. The molecule has 2 aliphatic rings. The molecule has 1 fully saturated rings. The lowest BCUT2D eigenvalue weighted by atomic mass is 10.0. The molecule has 1 saturated heterocycles. The summed E-state index contributed by atoms with van der Waals surface area (Å²) >= 11 is 0. The van der Waals surface area contributed by atoms with E-state index >= 15 is 0 Å². The van der Waals surface area contributed by atoms with Crippen molar-refractivity contribution in [2.24, 2.45) is 0 Å². The summed E-state index contributed by atoms with van der Waals surface area (Å²) in [6.07, 6.45) is 5.54. The van der Waals surface area contributed by atoms with Crippen molar-refractivity contribution in [1.29, 1.82) is 0 Å². The van der Waals surface area contributed by atoms with Crippen LogP contribution in [0.15, 0.2) is 53.1 Å². The third-order valence-corrected chi connectivity index (χ3v) is 6.30. The van der Waals surface area contributed by atoms with E-state index in [2.05, 4.69) is 34.5 Å². The van der Waals surface area contributed by atoms with Gasteiger partial charge in [0.15, 0.2) is 0 Å². The van der Waals surface area contributed by atoms with Gasteiger partial charge in [0.05, 0.1) is 31.9 Å².